The first-order valence-electron chi connectivity index (χ1n) is 7.89. The van der Waals surface area contributed by atoms with Gasteiger partial charge in [0.25, 0.3) is 5.91 Å². The van der Waals surface area contributed by atoms with Crippen LogP contribution in [-0.2, 0) is 4.79 Å². The Morgan fingerprint density at radius 1 is 1.21 bits per heavy atom. The second-order valence-electron chi connectivity index (χ2n) is 5.90. The molecule has 1 saturated heterocycles. The second kappa shape index (κ2) is 6.74. The molecule has 1 heterocycles. The maximum Gasteiger partial charge on any atom is 0.251 e. The molecule has 0 unspecified atom stereocenters. The number of nitrogens with one attached hydrogen (secondary N) is 1. The number of aryl methyl sites for hydroxylation is 1. The van der Waals surface area contributed by atoms with Gasteiger partial charge >= 0.3 is 0 Å². The van der Waals surface area contributed by atoms with E-state index < -0.39 is 0 Å². The van der Waals surface area contributed by atoms with Crippen LogP contribution in [0.25, 0.3) is 0 Å². The topological polar surface area (TPSA) is 58.6 Å². The van der Waals surface area contributed by atoms with Crippen molar-refractivity contribution in [3.8, 4) is 5.75 Å². The Hall–Kier alpha value is -2.82. The Kier molecular flexibility index (Phi) is 4.51. The van der Waals surface area contributed by atoms with Crippen LogP contribution in [0, 0.1) is 6.92 Å². The molecule has 0 radical (unpaired) electrons. The van der Waals surface area contributed by atoms with Gasteiger partial charge in [0.15, 0.2) is 0 Å². The summed E-state index contributed by atoms with van der Waals surface area (Å²) in [4.78, 5) is 26.4. The van der Waals surface area contributed by atoms with E-state index in [1.165, 1.54) is 0 Å². The first-order chi connectivity index (χ1) is 11.6. The second-order valence-corrected chi connectivity index (χ2v) is 5.90. The fraction of sp³-hybridized carbons (Fsp3) is 0.263. The van der Waals surface area contributed by atoms with E-state index in [1.54, 1.807) is 18.1 Å². The molecule has 0 spiro atoms. The van der Waals surface area contributed by atoms with Gasteiger partial charge in [-0.3, -0.25) is 9.59 Å². The van der Waals surface area contributed by atoms with Gasteiger partial charge in [0, 0.05) is 30.3 Å². The van der Waals surface area contributed by atoms with Gasteiger partial charge in [-0.05, 0) is 30.7 Å². The number of rotatable bonds is 4. The number of nitrogens with zero attached hydrogens (tertiary/aromatic N) is 1. The zero-order chi connectivity index (χ0) is 17.1. The van der Waals surface area contributed by atoms with E-state index in [1.807, 2.05) is 49.4 Å². The van der Waals surface area contributed by atoms with Crippen molar-refractivity contribution in [2.24, 2.45) is 0 Å². The predicted molar refractivity (Wildman–Crippen MR) is 92.4 cm³/mol. The molecule has 0 saturated carbocycles. The molecule has 2 aromatic rings. The lowest BCUT2D eigenvalue weighted by Crippen LogP contribution is -2.37. The summed E-state index contributed by atoms with van der Waals surface area (Å²) in [6.45, 7) is 2.36. The van der Waals surface area contributed by atoms with Crippen molar-refractivity contribution in [2.45, 2.75) is 19.4 Å². The number of carbonyl (C=O) groups excluding carboxylic acids is 2. The maximum absolute atomic E-state index is 12.4. The van der Waals surface area contributed by atoms with Crippen molar-refractivity contribution in [1.82, 2.24) is 5.32 Å². The average Bonchev–Trinajstić information content (AvgIpc) is 2.95. The van der Waals surface area contributed by atoms with Crippen LogP contribution in [0.15, 0.2) is 48.5 Å². The molecule has 0 bridgehead atoms. The van der Waals surface area contributed by atoms with E-state index in [-0.39, 0.29) is 17.9 Å². The Labute approximate surface area is 141 Å². The van der Waals surface area contributed by atoms with Gasteiger partial charge in [0.1, 0.15) is 5.75 Å². The summed E-state index contributed by atoms with van der Waals surface area (Å²) in [7, 11) is 1.59. The number of methoxy groups -OCH3 is 1. The van der Waals surface area contributed by atoms with Gasteiger partial charge in [-0.2, -0.15) is 0 Å². The Bertz CT molecular complexity index is 773. The van der Waals surface area contributed by atoms with Crippen LogP contribution in [0.4, 0.5) is 5.69 Å². The number of hydrogen-bond donors (Lipinski definition) is 1. The van der Waals surface area contributed by atoms with E-state index in [2.05, 4.69) is 5.32 Å². The average molecular weight is 324 g/mol. The molecule has 2 amide bonds. The molecule has 0 aliphatic carbocycles. The quantitative estimate of drug-likeness (QED) is 0.940. The van der Waals surface area contributed by atoms with Crippen molar-refractivity contribution in [1.29, 1.82) is 0 Å². The van der Waals surface area contributed by atoms with E-state index in [9.17, 15) is 9.59 Å². The highest BCUT2D eigenvalue weighted by atomic mass is 16.5. The molecule has 5 heteroatoms. The summed E-state index contributed by atoms with van der Waals surface area (Å²) >= 11 is 0. The van der Waals surface area contributed by atoms with Crippen molar-refractivity contribution >= 4 is 17.5 Å². The minimum absolute atomic E-state index is 0.00154. The minimum Gasteiger partial charge on any atom is -0.497 e. The van der Waals surface area contributed by atoms with Crippen LogP contribution < -0.4 is 15.0 Å². The first-order valence-corrected chi connectivity index (χ1v) is 7.89. The number of anilines is 1. The highest BCUT2D eigenvalue weighted by molar-refractivity contribution is 5.99. The molecular weight excluding hydrogens is 304 g/mol. The number of benzene rings is 2. The number of hydrogen-bond acceptors (Lipinski definition) is 3. The van der Waals surface area contributed by atoms with Crippen LogP contribution >= 0.6 is 0 Å². The van der Waals surface area contributed by atoms with E-state index in [0.717, 1.165) is 11.3 Å². The fourth-order valence-electron chi connectivity index (χ4n) is 2.92. The van der Waals surface area contributed by atoms with Crippen molar-refractivity contribution in [2.75, 3.05) is 18.6 Å². The van der Waals surface area contributed by atoms with E-state index >= 15 is 0 Å². The standard InChI is InChI=1S/C19H20N2O3/c1-13-6-3-4-9-17(13)19(23)20-14-10-18(22)21(12-14)15-7-5-8-16(11-15)24-2/h3-9,11,14H,10,12H2,1-2H3,(H,20,23)/t14-/m0/s1. The van der Waals surface area contributed by atoms with E-state index in [0.29, 0.717) is 24.3 Å². The molecule has 1 atom stereocenters. The van der Waals surface area contributed by atoms with Crippen LogP contribution in [0.3, 0.4) is 0 Å². The molecule has 24 heavy (non-hydrogen) atoms. The lowest BCUT2D eigenvalue weighted by molar-refractivity contribution is -0.117. The monoisotopic (exact) mass is 324 g/mol. The molecular formula is C19H20N2O3. The van der Waals surface area contributed by atoms with Gasteiger partial charge in [-0.25, -0.2) is 0 Å². The van der Waals surface area contributed by atoms with Crippen LogP contribution in [-0.4, -0.2) is 31.5 Å². The summed E-state index contributed by atoms with van der Waals surface area (Å²) in [5, 5.41) is 2.96. The molecule has 1 aliphatic rings. The highest BCUT2D eigenvalue weighted by Crippen LogP contribution is 2.25. The lowest BCUT2D eigenvalue weighted by atomic mass is 10.1. The molecule has 1 N–H and O–H groups in total. The third-order valence-electron chi connectivity index (χ3n) is 4.21. The summed E-state index contributed by atoms with van der Waals surface area (Å²) in [5.74, 6) is 0.560. The Balaban J connectivity index is 1.71. The number of ether oxygens (including phenoxy) is 1. The molecule has 3 rings (SSSR count). The first kappa shape index (κ1) is 16.1. The third kappa shape index (κ3) is 3.25. The van der Waals surface area contributed by atoms with Gasteiger partial charge in [-0.1, -0.05) is 24.3 Å². The third-order valence-corrected chi connectivity index (χ3v) is 4.21. The molecule has 1 fully saturated rings. The minimum atomic E-state index is -0.198. The number of amides is 2. The zero-order valence-electron chi connectivity index (χ0n) is 13.8. The highest BCUT2D eigenvalue weighted by Gasteiger charge is 2.32. The van der Waals surface area contributed by atoms with Gasteiger partial charge < -0.3 is 15.0 Å². The van der Waals surface area contributed by atoms with Gasteiger partial charge in [-0.15, -0.1) is 0 Å². The van der Waals surface area contributed by atoms with E-state index in [4.69, 9.17) is 4.74 Å². The van der Waals surface area contributed by atoms with Crippen LogP contribution in [0.5, 0.6) is 5.75 Å². The summed E-state index contributed by atoms with van der Waals surface area (Å²) in [6, 6.07) is 14.6. The maximum atomic E-state index is 12.4. The smallest absolute Gasteiger partial charge is 0.251 e. The van der Waals surface area contributed by atoms with Crippen LogP contribution in [0.1, 0.15) is 22.3 Å². The Morgan fingerprint density at radius 2 is 2.00 bits per heavy atom. The lowest BCUT2D eigenvalue weighted by Gasteiger charge is -2.18. The van der Waals surface area contributed by atoms with Crippen molar-refractivity contribution < 1.29 is 14.3 Å². The number of carbonyl (C=O) groups is 2. The summed E-state index contributed by atoms with van der Waals surface area (Å²) in [6.07, 6.45) is 0.300. The van der Waals surface area contributed by atoms with Crippen molar-refractivity contribution in [3.63, 3.8) is 0 Å². The molecule has 124 valence electrons. The summed E-state index contributed by atoms with van der Waals surface area (Å²) < 4.78 is 5.20. The normalized spacial score (nSPS) is 17.0. The SMILES string of the molecule is COc1cccc(N2C[C@@H](NC(=O)c3ccccc3C)CC2=O)c1. The van der Waals surface area contributed by atoms with Crippen LogP contribution in [0.2, 0.25) is 0 Å². The van der Waals surface area contributed by atoms with Gasteiger partial charge in [0.05, 0.1) is 13.2 Å². The molecule has 1 aliphatic heterocycles. The molecule has 0 aromatic heterocycles. The largest absolute Gasteiger partial charge is 0.497 e. The Morgan fingerprint density at radius 3 is 2.75 bits per heavy atom. The predicted octanol–water partition coefficient (Wildman–Crippen LogP) is 2.54. The summed E-state index contributed by atoms with van der Waals surface area (Å²) in [5.41, 5.74) is 2.35. The zero-order valence-corrected chi connectivity index (χ0v) is 13.8. The van der Waals surface area contributed by atoms with Crippen molar-refractivity contribution in [3.05, 3.63) is 59.7 Å². The molecule has 2 aromatic carbocycles. The fourth-order valence-corrected chi connectivity index (χ4v) is 2.92. The molecule has 5 nitrogen and oxygen atoms in total. The van der Waals surface area contributed by atoms with Gasteiger partial charge in [0.2, 0.25) is 5.91 Å².